The van der Waals surface area contributed by atoms with E-state index in [4.69, 9.17) is 11.6 Å². The molecule has 1 aliphatic heterocycles. The summed E-state index contributed by atoms with van der Waals surface area (Å²) in [5, 5.41) is 6.35. The lowest BCUT2D eigenvalue weighted by atomic mass is 10.1. The molecule has 1 atom stereocenters. The maximum absolute atomic E-state index is 11.7. The summed E-state index contributed by atoms with van der Waals surface area (Å²) in [6.07, 6.45) is 3.56. The van der Waals surface area contributed by atoms with Crippen molar-refractivity contribution < 1.29 is 4.79 Å². The minimum absolute atomic E-state index is 0.142. The van der Waals surface area contributed by atoms with Crippen molar-refractivity contribution in [3.05, 3.63) is 21.3 Å². The van der Waals surface area contributed by atoms with Gasteiger partial charge in [-0.2, -0.15) is 0 Å². The van der Waals surface area contributed by atoms with Gasteiger partial charge in [0.1, 0.15) is 0 Å². The Morgan fingerprint density at radius 3 is 3.12 bits per heavy atom. The first-order valence-electron chi connectivity index (χ1n) is 5.98. The fourth-order valence-electron chi connectivity index (χ4n) is 2.00. The van der Waals surface area contributed by atoms with E-state index in [1.807, 2.05) is 12.1 Å². The van der Waals surface area contributed by atoms with Gasteiger partial charge < -0.3 is 10.6 Å². The van der Waals surface area contributed by atoms with Crippen LogP contribution < -0.4 is 10.6 Å². The number of nitrogens with one attached hydrogen (secondary N) is 2. The number of halogens is 1. The predicted molar refractivity (Wildman–Crippen MR) is 71.7 cm³/mol. The smallest absolute Gasteiger partial charge is 0.220 e. The molecule has 94 valence electrons. The van der Waals surface area contributed by atoms with Gasteiger partial charge in [-0.05, 0) is 37.9 Å². The lowest BCUT2D eigenvalue weighted by Gasteiger charge is -2.23. The number of rotatable bonds is 4. The van der Waals surface area contributed by atoms with Crippen LogP contribution in [0.4, 0.5) is 0 Å². The van der Waals surface area contributed by atoms with Crippen LogP contribution in [0, 0.1) is 0 Å². The average Bonchev–Trinajstić information content (AvgIpc) is 2.74. The molecule has 1 aromatic heterocycles. The van der Waals surface area contributed by atoms with Crippen molar-refractivity contribution >= 4 is 28.8 Å². The second-order valence-electron chi connectivity index (χ2n) is 4.32. The highest BCUT2D eigenvalue weighted by Gasteiger charge is 2.15. The van der Waals surface area contributed by atoms with Gasteiger partial charge in [0.05, 0.1) is 4.34 Å². The van der Waals surface area contributed by atoms with Crippen molar-refractivity contribution in [2.75, 3.05) is 13.1 Å². The third kappa shape index (κ3) is 4.30. The molecule has 1 aliphatic rings. The van der Waals surface area contributed by atoms with E-state index in [-0.39, 0.29) is 5.91 Å². The van der Waals surface area contributed by atoms with E-state index in [0.717, 1.165) is 36.7 Å². The van der Waals surface area contributed by atoms with E-state index in [1.54, 1.807) is 11.3 Å². The molecule has 0 saturated carbocycles. The molecule has 1 aromatic rings. The Balaban J connectivity index is 1.70. The third-order valence-electron chi connectivity index (χ3n) is 2.89. The summed E-state index contributed by atoms with van der Waals surface area (Å²) in [5.74, 6) is 0.142. The molecule has 1 fully saturated rings. The Labute approximate surface area is 111 Å². The second-order valence-corrected chi connectivity index (χ2v) is 6.12. The zero-order valence-electron chi connectivity index (χ0n) is 9.67. The van der Waals surface area contributed by atoms with Gasteiger partial charge in [0.25, 0.3) is 0 Å². The Bertz CT molecular complexity index is 374. The number of aryl methyl sites for hydroxylation is 1. The maximum Gasteiger partial charge on any atom is 0.220 e. The average molecular weight is 273 g/mol. The van der Waals surface area contributed by atoms with Gasteiger partial charge in [-0.1, -0.05) is 11.6 Å². The SMILES string of the molecule is O=C(CCc1ccc(Cl)s1)NC1CCCNC1. The Kier molecular flexibility index (Phi) is 4.83. The summed E-state index contributed by atoms with van der Waals surface area (Å²) in [7, 11) is 0. The van der Waals surface area contributed by atoms with Gasteiger partial charge in [0.15, 0.2) is 0 Å². The quantitative estimate of drug-likeness (QED) is 0.882. The van der Waals surface area contributed by atoms with Crippen LogP contribution >= 0.6 is 22.9 Å². The Morgan fingerprint density at radius 2 is 2.47 bits per heavy atom. The van der Waals surface area contributed by atoms with Crippen molar-refractivity contribution in [1.82, 2.24) is 10.6 Å². The molecular formula is C12H17ClN2OS. The summed E-state index contributed by atoms with van der Waals surface area (Å²) in [6, 6.07) is 4.18. The molecule has 5 heteroatoms. The van der Waals surface area contributed by atoms with Gasteiger partial charge >= 0.3 is 0 Å². The lowest BCUT2D eigenvalue weighted by Crippen LogP contribution is -2.45. The fraction of sp³-hybridized carbons (Fsp3) is 0.583. The maximum atomic E-state index is 11.7. The van der Waals surface area contributed by atoms with Gasteiger partial charge in [-0.25, -0.2) is 0 Å². The Hall–Kier alpha value is -0.580. The minimum atomic E-state index is 0.142. The number of carbonyl (C=O) groups is 1. The van der Waals surface area contributed by atoms with Gasteiger partial charge in [0.2, 0.25) is 5.91 Å². The molecule has 3 nitrogen and oxygen atoms in total. The zero-order valence-corrected chi connectivity index (χ0v) is 11.2. The van der Waals surface area contributed by atoms with E-state index >= 15 is 0 Å². The molecule has 0 spiro atoms. The van der Waals surface area contributed by atoms with E-state index in [1.165, 1.54) is 4.88 Å². The first-order valence-corrected chi connectivity index (χ1v) is 7.18. The molecule has 0 bridgehead atoms. The van der Waals surface area contributed by atoms with Crippen LogP contribution in [-0.2, 0) is 11.2 Å². The molecule has 0 aromatic carbocycles. The van der Waals surface area contributed by atoms with Crippen LogP contribution in [0.3, 0.4) is 0 Å². The monoisotopic (exact) mass is 272 g/mol. The van der Waals surface area contributed by atoms with Crippen LogP contribution in [0.2, 0.25) is 4.34 Å². The van der Waals surface area contributed by atoms with Crippen molar-refractivity contribution in [2.24, 2.45) is 0 Å². The first kappa shape index (κ1) is 12.9. The topological polar surface area (TPSA) is 41.1 Å². The molecule has 0 aliphatic carbocycles. The van der Waals surface area contributed by atoms with E-state index < -0.39 is 0 Å². The van der Waals surface area contributed by atoms with E-state index in [2.05, 4.69) is 10.6 Å². The number of carbonyl (C=O) groups excluding carboxylic acids is 1. The summed E-state index contributed by atoms with van der Waals surface area (Å²) in [4.78, 5) is 12.9. The van der Waals surface area contributed by atoms with Crippen molar-refractivity contribution in [3.63, 3.8) is 0 Å². The lowest BCUT2D eigenvalue weighted by molar-refractivity contribution is -0.121. The summed E-state index contributed by atoms with van der Waals surface area (Å²) in [5.41, 5.74) is 0. The molecule has 2 heterocycles. The van der Waals surface area contributed by atoms with Crippen molar-refractivity contribution in [1.29, 1.82) is 0 Å². The predicted octanol–water partition coefficient (Wildman–Crippen LogP) is 2.20. The highest BCUT2D eigenvalue weighted by molar-refractivity contribution is 7.16. The number of piperidine rings is 1. The first-order chi connectivity index (χ1) is 8.24. The third-order valence-corrected chi connectivity index (χ3v) is 4.18. The highest BCUT2D eigenvalue weighted by Crippen LogP contribution is 2.22. The van der Waals surface area contributed by atoms with Crippen LogP contribution in [0.1, 0.15) is 24.1 Å². The zero-order chi connectivity index (χ0) is 12.1. The molecule has 17 heavy (non-hydrogen) atoms. The molecular weight excluding hydrogens is 256 g/mol. The molecule has 1 saturated heterocycles. The normalized spacial score (nSPS) is 20.2. The van der Waals surface area contributed by atoms with Gasteiger partial charge in [-0.3, -0.25) is 4.79 Å². The second kappa shape index (κ2) is 6.38. The number of thiophene rings is 1. The minimum Gasteiger partial charge on any atom is -0.352 e. The largest absolute Gasteiger partial charge is 0.352 e. The summed E-state index contributed by atoms with van der Waals surface area (Å²) in [6.45, 7) is 1.97. The molecule has 2 rings (SSSR count). The molecule has 0 radical (unpaired) electrons. The van der Waals surface area contributed by atoms with E-state index in [9.17, 15) is 4.79 Å². The van der Waals surface area contributed by atoms with Crippen molar-refractivity contribution in [3.8, 4) is 0 Å². The number of hydrogen-bond acceptors (Lipinski definition) is 3. The summed E-state index contributed by atoms with van der Waals surface area (Å²) < 4.78 is 0.789. The number of amides is 1. The van der Waals surface area contributed by atoms with Crippen LogP contribution in [0.15, 0.2) is 12.1 Å². The van der Waals surface area contributed by atoms with Crippen LogP contribution in [-0.4, -0.2) is 25.0 Å². The van der Waals surface area contributed by atoms with Gasteiger partial charge in [-0.15, -0.1) is 11.3 Å². The summed E-state index contributed by atoms with van der Waals surface area (Å²) >= 11 is 7.39. The Morgan fingerprint density at radius 1 is 1.59 bits per heavy atom. The molecule has 1 unspecified atom stereocenters. The van der Waals surface area contributed by atoms with Crippen LogP contribution in [0.5, 0.6) is 0 Å². The van der Waals surface area contributed by atoms with Crippen LogP contribution in [0.25, 0.3) is 0 Å². The van der Waals surface area contributed by atoms with Crippen molar-refractivity contribution in [2.45, 2.75) is 31.7 Å². The standard InChI is InChI=1S/C12H17ClN2OS/c13-11-5-3-10(17-11)4-6-12(16)15-9-2-1-7-14-8-9/h3,5,9,14H,1-2,4,6-8H2,(H,15,16). The fourth-order valence-corrected chi connectivity index (χ4v) is 3.08. The highest BCUT2D eigenvalue weighted by atomic mass is 35.5. The van der Waals surface area contributed by atoms with Gasteiger partial charge in [0, 0.05) is 23.9 Å². The van der Waals surface area contributed by atoms with E-state index in [0.29, 0.717) is 12.5 Å². The molecule has 1 amide bonds. The number of hydrogen-bond donors (Lipinski definition) is 2. The molecule has 2 N–H and O–H groups in total.